The van der Waals surface area contributed by atoms with Gasteiger partial charge in [-0.05, 0) is 18.8 Å². The van der Waals surface area contributed by atoms with E-state index in [1.165, 1.54) is 6.42 Å². The van der Waals surface area contributed by atoms with Gasteiger partial charge in [-0.3, -0.25) is 0 Å². The molecule has 112 valence electrons. The van der Waals surface area contributed by atoms with Gasteiger partial charge in [-0.25, -0.2) is 4.79 Å². The summed E-state index contributed by atoms with van der Waals surface area (Å²) in [6.45, 7) is 0.990. The maximum absolute atomic E-state index is 11.8. The molecule has 0 aromatic heterocycles. The van der Waals surface area contributed by atoms with Gasteiger partial charge < -0.3 is 14.8 Å². The largest absolute Gasteiger partial charge is 0.440 e. The van der Waals surface area contributed by atoms with Gasteiger partial charge in [0.2, 0.25) is 0 Å². The summed E-state index contributed by atoms with van der Waals surface area (Å²) in [6.07, 6.45) is -0.907. The average Bonchev–Trinajstić information content (AvgIpc) is 2.33. The number of hydrogen-bond acceptors (Lipinski definition) is 3. The Kier molecular flexibility index (Phi) is 6.41. The number of ether oxygens (including phenoxy) is 2. The zero-order valence-electron chi connectivity index (χ0n) is 11.0. The lowest BCUT2D eigenvalue weighted by Crippen LogP contribution is -2.33. The molecular formula is C12H20F3NO3. The van der Waals surface area contributed by atoms with Crippen molar-refractivity contribution >= 4 is 6.09 Å². The summed E-state index contributed by atoms with van der Waals surface area (Å²) in [5.74, 6) is 0.492. The number of rotatable bonds is 5. The number of nitrogens with one attached hydrogen (secondary N) is 1. The van der Waals surface area contributed by atoms with E-state index in [2.05, 4.69) is 17.0 Å². The number of alkyl carbamates (subject to hydrolysis) is 1. The molecule has 0 aromatic carbocycles. The highest BCUT2D eigenvalue weighted by atomic mass is 19.4. The Hall–Kier alpha value is -0.980. The standard InChI is InChI=1S/C12H20F3NO3/c1-9-4-2-3-5-10(9)18-7-6-16-11(17)19-8-12(13,14)15/h9-10H,2-8H2,1H3,(H,16,17). The molecule has 0 aromatic rings. The van der Waals surface area contributed by atoms with Crippen LogP contribution in [0.4, 0.5) is 18.0 Å². The van der Waals surface area contributed by atoms with E-state index < -0.39 is 18.9 Å². The topological polar surface area (TPSA) is 47.6 Å². The predicted molar refractivity (Wildman–Crippen MR) is 62.8 cm³/mol. The second-order valence-electron chi connectivity index (χ2n) is 4.79. The third kappa shape index (κ3) is 7.25. The Labute approximate surface area is 110 Å². The highest BCUT2D eigenvalue weighted by Gasteiger charge is 2.29. The summed E-state index contributed by atoms with van der Waals surface area (Å²) in [6, 6.07) is 0. The van der Waals surface area contributed by atoms with E-state index in [1.54, 1.807) is 0 Å². The van der Waals surface area contributed by atoms with Crippen molar-refractivity contribution in [1.29, 1.82) is 0 Å². The van der Waals surface area contributed by atoms with Crippen LogP contribution in [0.2, 0.25) is 0 Å². The van der Waals surface area contributed by atoms with E-state index in [1.807, 2.05) is 0 Å². The van der Waals surface area contributed by atoms with Crippen LogP contribution in [0, 0.1) is 5.92 Å². The third-order valence-electron chi connectivity index (χ3n) is 3.10. The normalized spacial score (nSPS) is 24.0. The first-order valence-electron chi connectivity index (χ1n) is 6.47. The van der Waals surface area contributed by atoms with Gasteiger partial charge in [-0.1, -0.05) is 19.8 Å². The fourth-order valence-electron chi connectivity index (χ4n) is 2.09. The summed E-state index contributed by atoms with van der Waals surface area (Å²) in [7, 11) is 0. The number of alkyl halides is 3. The first kappa shape index (κ1) is 16.1. The number of carbonyl (C=O) groups is 1. The molecule has 0 spiro atoms. The molecule has 0 radical (unpaired) electrons. The SMILES string of the molecule is CC1CCCCC1OCCNC(=O)OCC(F)(F)F. The number of hydrogen-bond donors (Lipinski definition) is 1. The minimum Gasteiger partial charge on any atom is -0.440 e. The van der Waals surface area contributed by atoms with Gasteiger partial charge in [0.15, 0.2) is 6.61 Å². The first-order chi connectivity index (χ1) is 8.88. The van der Waals surface area contributed by atoms with Crippen LogP contribution in [-0.4, -0.2) is 38.1 Å². The second kappa shape index (κ2) is 7.57. The van der Waals surface area contributed by atoms with Crippen molar-refractivity contribution in [2.45, 2.75) is 44.9 Å². The van der Waals surface area contributed by atoms with Crippen molar-refractivity contribution in [1.82, 2.24) is 5.32 Å². The van der Waals surface area contributed by atoms with E-state index in [-0.39, 0.29) is 19.3 Å². The zero-order chi connectivity index (χ0) is 14.3. The van der Waals surface area contributed by atoms with Gasteiger partial charge in [0.05, 0.1) is 12.7 Å². The molecule has 4 nitrogen and oxygen atoms in total. The van der Waals surface area contributed by atoms with E-state index in [0.717, 1.165) is 19.3 Å². The highest BCUT2D eigenvalue weighted by Crippen LogP contribution is 2.25. The van der Waals surface area contributed by atoms with Crippen LogP contribution in [0.1, 0.15) is 32.6 Å². The molecule has 1 saturated carbocycles. The van der Waals surface area contributed by atoms with E-state index in [4.69, 9.17) is 4.74 Å². The Morgan fingerprint density at radius 2 is 2.00 bits per heavy atom. The molecule has 7 heteroatoms. The Bertz CT molecular complexity index is 284. The van der Waals surface area contributed by atoms with Gasteiger partial charge in [0.25, 0.3) is 0 Å². The molecule has 19 heavy (non-hydrogen) atoms. The molecule has 1 aliphatic rings. The van der Waals surface area contributed by atoms with Crippen molar-refractivity contribution in [3.63, 3.8) is 0 Å². The van der Waals surface area contributed by atoms with Crippen molar-refractivity contribution < 1.29 is 27.4 Å². The van der Waals surface area contributed by atoms with Crippen molar-refractivity contribution in [3.05, 3.63) is 0 Å². The van der Waals surface area contributed by atoms with E-state index in [0.29, 0.717) is 5.92 Å². The summed E-state index contributed by atoms with van der Waals surface area (Å²) in [4.78, 5) is 10.9. The van der Waals surface area contributed by atoms with Crippen LogP contribution in [-0.2, 0) is 9.47 Å². The van der Waals surface area contributed by atoms with Crippen molar-refractivity contribution in [2.24, 2.45) is 5.92 Å². The molecule has 0 heterocycles. The van der Waals surface area contributed by atoms with Crippen LogP contribution in [0.15, 0.2) is 0 Å². The van der Waals surface area contributed by atoms with Gasteiger partial charge in [0, 0.05) is 6.54 Å². The number of amides is 1. The van der Waals surface area contributed by atoms with Crippen molar-refractivity contribution in [2.75, 3.05) is 19.8 Å². The number of halogens is 3. The van der Waals surface area contributed by atoms with Gasteiger partial charge >= 0.3 is 12.3 Å². The molecule has 1 fully saturated rings. The molecule has 2 unspecified atom stereocenters. The predicted octanol–water partition coefficient (Wildman–Crippen LogP) is 2.87. The van der Waals surface area contributed by atoms with Crippen LogP contribution < -0.4 is 5.32 Å². The van der Waals surface area contributed by atoms with Gasteiger partial charge in [-0.15, -0.1) is 0 Å². The maximum Gasteiger partial charge on any atom is 0.422 e. The fraction of sp³-hybridized carbons (Fsp3) is 0.917. The zero-order valence-corrected chi connectivity index (χ0v) is 11.0. The minimum atomic E-state index is -4.49. The Balaban J connectivity index is 2.05. The van der Waals surface area contributed by atoms with E-state index >= 15 is 0 Å². The van der Waals surface area contributed by atoms with E-state index in [9.17, 15) is 18.0 Å². The van der Waals surface area contributed by atoms with Crippen LogP contribution in [0.3, 0.4) is 0 Å². The molecule has 1 N–H and O–H groups in total. The molecule has 1 amide bonds. The second-order valence-corrected chi connectivity index (χ2v) is 4.79. The maximum atomic E-state index is 11.8. The monoisotopic (exact) mass is 283 g/mol. The lowest BCUT2D eigenvalue weighted by molar-refractivity contribution is -0.160. The lowest BCUT2D eigenvalue weighted by Gasteiger charge is -2.28. The molecule has 0 aliphatic heterocycles. The smallest absolute Gasteiger partial charge is 0.422 e. The Morgan fingerprint density at radius 3 is 2.63 bits per heavy atom. The highest BCUT2D eigenvalue weighted by molar-refractivity contribution is 5.67. The molecule has 0 saturated heterocycles. The minimum absolute atomic E-state index is 0.153. The van der Waals surface area contributed by atoms with Gasteiger partial charge in [-0.2, -0.15) is 13.2 Å². The average molecular weight is 283 g/mol. The molecule has 2 atom stereocenters. The summed E-state index contributed by atoms with van der Waals surface area (Å²) in [5.41, 5.74) is 0. The van der Waals surface area contributed by atoms with Crippen LogP contribution in [0.25, 0.3) is 0 Å². The molecular weight excluding hydrogens is 263 g/mol. The molecule has 1 aliphatic carbocycles. The Morgan fingerprint density at radius 1 is 1.32 bits per heavy atom. The van der Waals surface area contributed by atoms with Gasteiger partial charge in [0.1, 0.15) is 0 Å². The summed E-state index contributed by atoms with van der Waals surface area (Å²) >= 11 is 0. The summed E-state index contributed by atoms with van der Waals surface area (Å²) < 4.78 is 44.9. The summed E-state index contributed by atoms with van der Waals surface area (Å²) in [5, 5.41) is 2.22. The molecule has 1 rings (SSSR count). The van der Waals surface area contributed by atoms with Crippen LogP contribution in [0.5, 0.6) is 0 Å². The lowest BCUT2D eigenvalue weighted by atomic mass is 9.88. The number of carbonyl (C=O) groups excluding carboxylic acids is 1. The van der Waals surface area contributed by atoms with Crippen LogP contribution >= 0.6 is 0 Å². The fourth-order valence-corrected chi connectivity index (χ4v) is 2.09. The first-order valence-corrected chi connectivity index (χ1v) is 6.47. The quantitative estimate of drug-likeness (QED) is 0.789. The molecule has 0 bridgehead atoms. The van der Waals surface area contributed by atoms with Crippen molar-refractivity contribution in [3.8, 4) is 0 Å². The third-order valence-corrected chi connectivity index (χ3v) is 3.10.